The molecule has 9 heteroatoms. The minimum atomic E-state index is -3.93. The van der Waals surface area contributed by atoms with Gasteiger partial charge in [0.1, 0.15) is 11.4 Å². The Morgan fingerprint density at radius 2 is 1.88 bits per heavy atom. The van der Waals surface area contributed by atoms with Gasteiger partial charge in [-0.1, -0.05) is 44.5 Å². The van der Waals surface area contributed by atoms with Crippen LogP contribution in [0.3, 0.4) is 0 Å². The molecule has 174 valence electrons. The van der Waals surface area contributed by atoms with E-state index in [1.807, 2.05) is 40.7 Å². The molecular formula is C23H32N4O4S. The summed E-state index contributed by atoms with van der Waals surface area (Å²) in [5.41, 5.74) is 2.42. The van der Waals surface area contributed by atoms with E-state index in [0.29, 0.717) is 25.3 Å². The Labute approximate surface area is 190 Å². The van der Waals surface area contributed by atoms with Gasteiger partial charge < -0.3 is 10.1 Å². The Balaban J connectivity index is 2.07. The lowest BCUT2D eigenvalue weighted by atomic mass is 9.88. The second-order valence-electron chi connectivity index (χ2n) is 9.23. The lowest BCUT2D eigenvalue weighted by Crippen LogP contribution is -2.42. The monoisotopic (exact) mass is 460 g/mol. The number of hydrogen-bond acceptors (Lipinski definition) is 5. The Kier molecular flexibility index (Phi) is 6.80. The van der Waals surface area contributed by atoms with Crippen LogP contribution in [0.2, 0.25) is 0 Å². The Hall–Kier alpha value is -2.65. The van der Waals surface area contributed by atoms with Crippen molar-refractivity contribution in [2.45, 2.75) is 52.0 Å². The van der Waals surface area contributed by atoms with Crippen molar-refractivity contribution < 1.29 is 17.9 Å². The molecule has 2 aromatic rings. The maximum absolute atomic E-state index is 13.3. The van der Waals surface area contributed by atoms with Gasteiger partial charge in [-0.3, -0.25) is 14.2 Å². The zero-order valence-electron chi connectivity index (χ0n) is 19.5. The minimum Gasteiger partial charge on any atom is -0.377 e. The number of aromatic nitrogens is 2. The summed E-state index contributed by atoms with van der Waals surface area (Å²) < 4.78 is 35.8. The molecule has 1 amide bonds. The van der Waals surface area contributed by atoms with Gasteiger partial charge in [0.25, 0.3) is 15.9 Å². The van der Waals surface area contributed by atoms with E-state index in [-0.39, 0.29) is 33.6 Å². The predicted molar refractivity (Wildman–Crippen MR) is 125 cm³/mol. The lowest BCUT2D eigenvalue weighted by molar-refractivity contribution is 0.0901. The van der Waals surface area contributed by atoms with E-state index in [4.69, 9.17) is 4.74 Å². The maximum Gasteiger partial charge on any atom is 0.271 e. The average Bonchev–Trinajstić information content (AvgIpc) is 3.03. The average molecular weight is 461 g/mol. The molecule has 0 radical (unpaired) electrons. The largest absolute Gasteiger partial charge is 0.377 e. The van der Waals surface area contributed by atoms with Crippen molar-refractivity contribution >= 4 is 27.2 Å². The van der Waals surface area contributed by atoms with Crippen LogP contribution in [0.25, 0.3) is 5.57 Å². The molecule has 1 unspecified atom stereocenters. The van der Waals surface area contributed by atoms with E-state index < -0.39 is 10.0 Å². The fourth-order valence-corrected chi connectivity index (χ4v) is 4.31. The molecule has 32 heavy (non-hydrogen) atoms. The summed E-state index contributed by atoms with van der Waals surface area (Å²) in [6.45, 7) is 10.8. The Morgan fingerprint density at radius 3 is 2.44 bits per heavy atom. The number of ether oxygens (including phenoxy) is 1. The molecule has 1 aliphatic heterocycles. The number of amides is 1. The third-order valence-corrected chi connectivity index (χ3v) is 7.11. The molecule has 0 fully saturated rings. The molecule has 0 aliphatic carbocycles. The van der Waals surface area contributed by atoms with Crippen molar-refractivity contribution in [2.24, 2.45) is 12.5 Å². The van der Waals surface area contributed by atoms with Gasteiger partial charge in [-0.25, -0.2) is 8.42 Å². The van der Waals surface area contributed by atoms with Gasteiger partial charge in [-0.15, -0.1) is 0 Å². The fourth-order valence-electron chi connectivity index (χ4n) is 3.24. The second-order valence-corrected chi connectivity index (χ2v) is 10.9. The maximum atomic E-state index is 13.3. The number of nitrogens with one attached hydrogen (secondary N) is 2. The van der Waals surface area contributed by atoms with Crippen LogP contribution in [-0.4, -0.2) is 43.4 Å². The highest BCUT2D eigenvalue weighted by atomic mass is 32.2. The summed E-state index contributed by atoms with van der Waals surface area (Å²) in [5.74, 6) is -0.386. The van der Waals surface area contributed by atoms with Gasteiger partial charge >= 0.3 is 0 Å². The van der Waals surface area contributed by atoms with E-state index >= 15 is 0 Å². The summed E-state index contributed by atoms with van der Waals surface area (Å²) >= 11 is 0. The SMILES string of the molecule is Cc1ccc(S(=O)(=O)Nc2c(C3=CCOCC3)nn(C)c2C(=O)NC(C)C(C)(C)C)cc1. The first kappa shape index (κ1) is 24.0. The number of nitrogens with zero attached hydrogens (tertiary/aromatic N) is 2. The van der Waals surface area contributed by atoms with Crippen molar-refractivity contribution in [3.8, 4) is 0 Å². The summed E-state index contributed by atoms with van der Waals surface area (Å²) in [7, 11) is -2.29. The molecule has 1 atom stereocenters. The van der Waals surface area contributed by atoms with Crippen LogP contribution in [0.1, 0.15) is 55.9 Å². The number of rotatable bonds is 6. The molecule has 0 bridgehead atoms. The first-order chi connectivity index (χ1) is 14.9. The fraction of sp³-hybridized carbons (Fsp3) is 0.478. The third kappa shape index (κ3) is 5.21. The normalized spacial score (nSPS) is 15.8. The standard InChI is InChI=1S/C23H32N4O4S/c1-15-7-9-18(10-8-15)32(29,30)26-20-19(17-11-13-31-14-12-17)25-27(6)21(20)22(28)24-16(2)23(3,4)5/h7-11,16,26H,12-14H2,1-6H3,(H,24,28). The molecule has 0 spiro atoms. The smallest absolute Gasteiger partial charge is 0.271 e. The van der Waals surface area contributed by atoms with Gasteiger partial charge in [0.05, 0.1) is 18.1 Å². The molecular weight excluding hydrogens is 428 g/mol. The number of sulfonamides is 1. The summed E-state index contributed by atoms with van der Waals surface area (Å²) in [6, 6.07) is 6.42. The second kappa shape index (κ2) is 9.07. The van der Waals surface area contributed by atoms with Gasteiger partial charge in [0.2, 0.25) is 0 Å². The van der Waals surface area contributed by atoms with Crippen LogP contribution in [0.5, 0.6) is 0 Å². The van der Waals surface area contributed by atoms with Crippen LogP contribution in [-0.2, 0) is 21.8 Å². The van der Waals surface area contributed by atoms with E-state index in [1.165, 1.54) is 4.68 Å². The lowest BCUT2D eigenvalue weighted by Gasteiger charge is -2.28. The minimum absolute atomic E-state index is 0.119. The number of carbonyl (C=O) groups excluding carboxylic acids is 1. The summed E-state index contributed by atoms with van der Waals surface area (Å²) in [4.78, 5) is 13.4. The van der Waals surface area contributed by atoms with E-state index in [2.05, 4.69) is 15.1 Å². The van der Waals surface area contributed by atoms with Crippen LogP contribution in [0.4, 0.5) is 5.69 Å². The van der Waals surface area contributed by atoms with Crippen LogP contribution >= 0.6 is 0 Å². The molecule has 1 aromatic carbocycles. The quantitative estimate of drug-likeness (QED) is 0.687. The third-order valence-electron chi connectivity index (χ3n) is 5.74. The van der Waals surface area contributed by atoms with E-state index in [9.17, 15) is 13.2 Å². The van der Waals surface area contributed by atoms with Gasteiger partial charge in [-0.2, -0.15) is 5.10 Å². The van der Waals surface area contributed by atoms with E-state index in [1.54, 1.807) is 31.3 Å². The topological polar surface area (TPSA) is 102 Å². The van der Waals surface area contributed by atoms with Crippen molar-refractivity contribution in [1.82, 2.24) is 15.1 Å². The first-order valence-corrected chi connectivity index (χ1v) is 12.1. The number of benzene rings is 1. The molecule has 0 saturated heterocycles. The number of aryl methyl sites for hydroxylation is 2. The summed E-state index contributed by atoms with van der Waals surface area (Å²) in [5, 5.41) is 7.51. The predicted octanol–water partition coefficient (Wildman–Crippen LogP) is 3.50. The molecule has 2 heterocycles. The molecule has 0 saturated carbocycles. The zero-order chi connectivity index (χ0) is 23.7. The Morgan fingerprint density at radius 1 is 1.22 bits per heavy atom. The molecule has 8 nitrogen and oxygen atoms in total. The van der Waals surface area contributed by atoms with E-state index in [0.717, 1.165) is 11.1 Å². The highest BCUT2D eigenvalue weighted by Gasteiger charge is 2.30. The molecule has 1 aliphatic rings. The van der Waals surface area contributed by atoms with Crippen molar-refractivity contribution in [1.29, 1.82) is 0 Å². The van der Waals surface area contributed by atoms with Crippen molar-refractivity contribution in [2.75, 3.05) is 17.9 Å². The molecule has 1 aromatic heterocycles. The van der Waals surface area contributed by atoms with Crippen molar-refractivity contribution in [3.05, 3.63) is 47.3 Å². The van der Waals surface area contributed by atoms with Gasteiger partial charge in [0, 0.05) is 13.1 Å². The first-order valence-electron chi connectivity index (χ1n) is 10.6. The van der Waals surface area contributed by atoms with Gasteiger partial charge in [-0.05, 0) is 43.4 Å². The molecule has 3 rings (SSSR count). The highest BCUT2D eigenvalue weighted by molar-refractivity contribution is 7.92. The highest BCUT2D eigenvalue weighted by Crippen LogP contribution is 2.32. The summed E-state index contributed by atoms with van der Waals surface area (Å²) in [6.07, 6.45) is 2.45. The molecule has 2 N–H and O–H groups in total. The van der Waals surface area contributed by atoms with Crippen molar-refractivity contribution in [3.63, 3.8) is 0 Å². The number of carbonyl (C=O) groups is 1. The van der Waals surface area contributed by atoms with Crippen LogP contribution in [0, 0.1) is 12.3 Å². The van der Waals surface area contributed by atoms with Crippen LogP contribution in [0.15, 0.2) is 35.2 Å². The number of hydrogen-bond donors (Lipinski definition) is 2. The Bertz CT molecular complexity index is 1130. The zero-order valence-corrected chi connectivity index (χ0v) is 20.3. The van der Waals surface area contributed by atoms with Crippen LogP contribution < -0.4 is 10.0 Å². The van der Waals surface area contributed by atoms with Gasteiger partial charge in [0.15, 0.2) is 5.69 Å². The number of anilines is 1.